The molecule has 0 atom stereocenters. The predicted molar refractivity (Wildman–Crippen MR) is 90.0 cm³/mol. The van der Waals surface area contributed by atoms with Crippen molar-refractivity contribution >= 4 is 29.1 Å². The molecule has 0 saturated heterocycles. The van der Waals surface area contributed by atoms with Crippen LogP contribution in [-0.4, -0.2) is 4.98 Å². The molecular formula is C17H14NO3PS-2. The van der Waals surface area contributed by atoms with E-state index in [0.29, 0.717) is 22.7 Å². The fourth-order valence-electron chi connectivity index (χ4n) is 2.62. The molecule has 0 aliphatic rings. The third-order valence-corrected chi connectivity index (χ3v) is 5.71. The molecule has 0 saturated carbocycles. The molecule has 23 heavy (non-hydrogen) atoms. The lowest BCUT2D eigenvalue weighted by Gasteiger charge is -2.30. The predicted octanol–water partition coefficient (Wildman–Crippen LogP) is 3.39. The fourth-order valence-corrected chi connectivity index (χ4v) is 4.76. The van der Waals surface area contributed by atoms with Crippen molar-refractivity contribution in [2.24, 2.45) is 0 Å². The van der Waals surface area contributed by atoms with Crippen molar-refractivity contribution in [3.05, 3.63) is 60.3 Å². The van der Waals surface area contributed by atoms with Crippen LogP contribution in [0.4, 0.5) is 0 Å². The van der Waals surface area contributed by atoms with Crippen LogP contribution >= 0.6 is 18.2 Å². The Labute approximate surface area is 138 Å². The summed E-state index contributed by atoms with van der Waals surface area (Å²) < 4.78 is 11.3. The van der Waals surface area contributed by atoms with E-state index in [4.69, 9.17) is 0 Å². The van der Waals surface area contributed by atoms with E-state index in [9.17, 15) is 14.4 Å². The number of hydrogen-bond donors (Lipinski definition) is 0. The van der Waals surface area contributed by atoms with Crippen molar-refractivity contribution in [2.75, 3.05) is 0 Å². The van der Waals surface area contributed by atoms with Gasteiger partial charge in [-0.3, -0.25) is 4.98 Å². The molecule has 1 aromatic heterocycles. The highest BCUT2D eigenvalue weighted by Crippen LogP contribution is 2.52. The summed E-state index contributed by atoms with van der Waals surface area (Å²) >= 11 is 0.399. The second kappa shape index (κ2) is 6.46. The van der Waals surface area contributed by atoms with E-state index in [1.54, 1.807) is 6.20 Å². The van der Waals surface area contributed by atoms with E-state index < -0.39 is 6.80 Å². The first kappa shape index (κ1) is 16.2. The number of fused-ring (bicyclic) bond motifs is 1. The van der Waals surface area contributed by atoms with Crippen molar-refractivity contribution in [1.29, 1.82) is 0 Å². The van der Waals surface area contributed by atoms with Gasteiger partial charge in [-0.2, -0.15) is 0 Å². The van der Waals surface area contributed by atoms with Crippen molar-refractivity contribution in [3.63, 3.8) is 0 Å². The second-order valence-electron chi connectivity index (χ2n) is 5.07. The fraction of sp³-hybridized carbons (Fsp3) is 0.118. The Balaban J connectivity index is 2.28. The molecule has 3 aromatic rings. The van der Waals surface area contributed by atoms with Crippen LogP contribution in [0.5, 0.6) is 0 Å². The van der Waals surface area contributed by atoms with Gasteiger partial charge in [0.25, 0.3) is 0 Å². The first-order chi connectivity index (χ1) is 11.0. The standard InChI is InChI=1S/C17H16NO3PS/c1-2-12-6-3-10-15(17(12)23-22(19,20)21)14-9-4-7-13-8-5-11-18-16(13)14/h3-11H,2H2,1H3,(H2,19,20,21)/p-2. The van der Waals surface area contributed by atoms with Crippen LogP contribution in [0.2, 0.25) is 0 Å². The molecule has 118 valence electrons. The maximum Gasteiger partial charge on any atom is 0.0780 e. The van der Waals surface area contributed by atoms with Crippen molar-refractivity contribution in [2.45, 2.75) is 18.2 Å². The molecular weight excluding hydrogens is 329 g/mol. The van der Waals surface area contributed by atoms with Gasteiger partial charge in [-0.15, -0.1) is 0 Å². The van der Waals surface area contributed by atoms with Gasteiger partial charge in [0.2, 0.25) is 0 Å². The van der Waals surface area contributed by atoms with E-state index in [1.807, 2.05) is 55.5 Å². The lowest BCUT2D eigenvalue weighted by Crippen LogP contribution is -2.10. The molecule has 6 heteroatoms. The van der Waals surface area contributed by atoms with Gasteiger partial charge in [0.05, 0.1) is 5.52 Å². The SMILES string of the molecule is CCc1cccc(-c2cccc3cccnc23)c1SP(=O)([O-])[O-]. The maximum atomic E-state index is 11.3. The van der Waals surface area contributed by atoms with Gasteiger partial charge in [0, 0.05) is 22.0 Å². The van der Waals surface area contributed by atoms with E-state index >= 15 is 0 Å². The Bertz CT molecular complexity index is 902. The normalized spacial score (nSPS) is 11.8. The van der Waals surface area contributed by atoms with Crippen LogP contribution in [-0.2, 0) is 11.0 Å². The molecule has 3 rings (SSSR count). The quantitative estimate of drug-likeness (QED) is 0.679. The van der Waals surface area contributed by atoms with Crippen LogP contribution in [0, 0.1) is 0 Å². The zero-order valence-electron chi connectivity index (χ0n) is 12.4. The summed E-state index contributed by atoms with van der Waals surface area (Å²) in [7, 11) is 0. The summed E-state index contributed by atoms with van der Waals surface area (Å²) in [5, 5.41) is 0.968. The van der Waals surface area contributed by atoms with Crippen LogP contribution in [0.25, 0.3) is 22.0 Å². The number of nitrogens with zero attached hydrogens (tertiary/aromatic N) is 1. The van der Waals surface area contributed by atoms with Gasteiger partial charge in [-0.25, -0.2) is 0 Å². The maximum absolute atomic E-state index is 11.3. The summed E-state index contributed by atoms with van der Waals surface area (Å²) in [4.78, 5) is 27.6. The first-order valence-corrected chi connectivity index (χ1v) is 10.1. The topological polar surface area (TPSA) is 76.1 Å². The average molecular weight is 343 g/mol. The molecule has 0 aliphatic heterocycles. The summed E-state index contributed by atoms with van der Waals surface area (Å²) in [6, 6.07) is 15.1. The van der Waals surface area contributed by atoms with Gasteiger partial charge < -0.3 is 14.4 Å². The molecule has 0 fully saturated rings. The monoisotopic (exact) mass is 343 g/mol. The van der Waals surface area contributed by atoms with E-state index in [1.165, 1.54) is 0 Å². The Morgan fingerprint density at radius 1 is 1.04 bits per heavy atom. The highest BCUT2D eigenvalue weighted by Gasteiger charge is 2.14. The van der Waals surface area contributed by atoms with Crippen molar-refractivity contribution < 1.29 is 14.4 Å². The van der Waals surface area contributed by atoms with Crippen LogP contribution in [0.3, 0.4) is 0 Å². The average Bonchev–Trinajstić information content (AvgIpc) is 2.53. The largest absolute Gasteiger partial charge is 0.803 e. The van der Waals surface area contributed by atoms with Gasteiger partial charge in [-0.1, -0.05) is 60.8 Å². The zero-order chi connectivity index (χ0) is 16.4. The van der Waals surface area contributed by atoms with Gasteiger partial charge >= 0.3 is 0 Å². The third-order valence-electron chi connectivity index (χ3n) is 3.60. The van der Waals surface area contributed by atoms with Crippen molar-refractivity contribution in [1.82, 2.24) is 4.98 Å². The molecule has 0 amide bonds. The molecule has 0 unspecified atom stereocenters. The van der Waals surface area contributed by atoms with E-state index in [-0.39, 0.29) is 0 Å². The third kappa shape index (κ3) is 3.48. The molecule has 0 radical (unpaired) electrons. The summed E-state index contributed by atoms with van der Waals surface area (Å²) in [5.74, 6) is 0. The smallest absolute Gasteiger partial charge is 0.0780 e. The Morgan fingerprint density at radius 2 is 1.74 bits per heavy atom. The van der Waals surface area contributed by atoms with Gasteiger partial charge in [-0.05, 0) is 30.4 Å². The highest BCUT2D eigenvalue weighted by molar-refractivity contribution is 8.53. The number of rotatable bonds is 4. The lowest BCUT2D eigenvalue weighted by molar-refractivity contribution is -0.302. The van der Waals surface area contributed by atoms with E-state index in [2.05, 4.69) is 4.98 Å². The molecule has 4 nitrogen and oxygen atoms in total. The minimum atomic E-state index is -4.74. The number of pyridine rings is 1. The zero-order valence-corrected chi connectivity index (χ0v) is 14.1. The number of para-hydroxylation sites is 1. The number of aromatic nitrogens is 1. The second-order valence-corrected chi connectivity index (χ2v) is 8.44. The molecule has 0 bridgehead atoms. The Morgan fingerprint density at radius 3 is 2.48 bits per heavy atom. The minimum Gasteiger partial charge on any atom is -0.803 e. The van der Waals surface area contributed by atoms with E-state index in [0.717, 1.165) is 27.6 Å². The Hall–Kier alpha value is -1.65. The van der Waals surface area contributed by atoms with Gasteiger partial charge in [0.1, 0.15) is 0 Å². The lowest BCUT2D eigenvalue weighted by atomic mass is 9.99. The molecule has 1 heterocycles. The molecule has 0 N–H and O–H groups in total. The highest BCUT2D eigenvalue weighted by atomic mass is 32.7. The van der Waals surface area contributed by atoms with Crippen LogP contribution < -0.4 is 9.79 Å². The molecule has 0 spiro atoms. The first-order valence-electron chi connectivity index (χ1n) is 7.17. The summed E-state index contributed by atoms with van der Waals surface area (Å²) in [6.45, 7) is -2.80. The summed E-state index contributed by atoms with van der Waals surface area (Å²) in [6.07, 6.45) is 2.35. The number of aryl methyl sites for hydroxylation is 1. The number of hydrogen-bond acceptors (Lipinski definition) is 5. The summed E-state index contributed by atoms with van der Waals surface area (Å²) in [5.41, 5.74) is 3.18. The molecule has 2 aromatic carbocycles. The molecule has 0 aliphatic carbocycles. The van der Waals surface area contributed by atoms with Crippen LogP contribution in [0.1, 0.15) is 12.5 Å². The number of benzene rings is 2. The Kier molecular flexibility index (Phi) is 4.55. The van der Waals surface area contributed by atoms with Crippen molar-refractivity contribution in [3.8, 4) is 11.1 Å². The minimum absolute atomic E-state index is 0.399. The van der Waals surface area contributed by atoms with Crippen LogP contribution in [0.15, 0.2) is 59.6 Å². The van der Waals surface area contributed by atoms with Gasteiger partial charge in [0.15, 0.2) is 0 Å².